The van der Waals surface area contributed by atoms with Crippen molar-refractivity contribution in [2.24, 2.45) is 5.92 Å². The fourth-order valence-corrected chi connectivity index (χ4v) is 3.97. The molecule has 0 radical (unpaired) electrons. The van der Waals surface area contributed by atoms with Crippen LogP contribution >= 0.6 is 23.2 Å². The molecule has 116 valence electrons. The highest BCUT2D eigenvalue weighted by molar-refractivity contribution is 6.35. The standard InChI is InChI=1S/C17H24Cl2N2/c1-17(14-4-5-14)12-21(9-2-8-20-17)10-7-13-3-6-15(18)11-16(13)19/h3,6,11,14,20H,2,4-5,7-10,12H2,1H3. The minimum atomic E-state index is 0.306. The van der Waals surface area contributed by atoms with Gasteiger partial charge in [0.25, 0.3) is 0 Å². The van der Waals surface area contributed by atoms with E-state index in [2.05, 4.69) is 23.2 Å². The molecule has 2 aliphatic rings. The van der Waals surface area contributed by atoms with Crippen LogP contribution < -0.4 is 5.32 Å². The lowest BCUT2D eigenvalue weighted by molar-refractivity contribution is 0.203. The van der Waals surface area contributed by atoms with Crippen LogP contribution in [-0.2, 0) is 6.42 Å². The Labute approximate surface area is 137 Å². The molecule has 0 bridgehead atoms. The molecule has 1 heterocycles. The molecule has 1 atom stereocenters. The molecule has 1 unspecified atom stereocenters. The van der Waals surface area contributed by atoms with Gasteiger partial charge in [-0.25, -0.2) is 0 Å². The van der Waals surface area contributed by atoms with Crippen LogP contribution in [0.4, 0.5) is 0 Å². The second-order valence-corrected chi connectivity index (χ2v) is 7.58. The molecule has 1 aliphatic heterocycles. The summed E-state index contributed by atoms with van der Waals surface area (Å²) in [7, 11) is 0. The highest BCUT2D eigenvalue weighted by atomic mass is 35.5. The summed E-state index contributed by atoms with van der Waals surface area (Å²) in [5.41, 5.74) is 1.51. The number of nitrogens with zero attached hydrogens (tertiary/aromatic N) is 1. The Balaban J connectivity index is 1.61. The Hall–Kier alpha value is -0.280. The van der Waals surface area contributed by atoms with Crippen LogP contribution in [0.3, 0.4) is 0 Å². The topological polar surface area (TPSA) is 15.3 Å². The lowest BCUT2D eigenvalue weighted by Gasteiger charge is -2.34. The maximum Gasteiger partial charge on any atom is 0.0453 e. The van der Waals surface area contributed by atoms with Gasteiger partial charge in [-0.05, 0) is 69.3 Å². The lowest BCUT2D eigenvalue weighted by Crippen LogP contribution is -2.51. The van der Waals surface area contributed by atoms with E-state index in [9.17, 15) is 0 Å². The summed E-state index contributed by atoms with van der Waals surface area (Å²) < 4.78 is 0. The molecule has 3 rings (SSSR count). The van der Waals surface area contributed by atoms with Crippen LogP contribution in [-0.4, -0.2) is 36.6 Å². The molecule has 0 spiro atoms. The number of rotatable bonds is 4. The molecule has 1 aromatic carbocycles. The van der Waals surface area contributed by atoms with Crippen molar-refractivity contribution in [1.82, 2.24) is 10.2 Å². The van der Waals surface area contributed by atoms with Crippen molar-refractivity contribution < 1.29 is 0 Å². The van der Waals surface area contributed by atoms with Crippen molar-refractivity contribution in [3.05, 3.63) is 33.8 Å². The van der Waals surface area contributed by atoms with Gasteiger partial charge >= 0.3 is 0 Å². The monoisotopic (exact) mass is 326 g/mol. The maximum atomic E-state index is 6.28. The zero-order valence-corrected chi connectivity index (χ0v) is 14.2. The fourth-order valence-electron chi connectivity index (χ4n) is 3.46. The summed E-state index contributed by atoms with van der Waals surface area (Å²) in [4.78, 5) is 2.60. The maximum absolute atomic E-state index is 6.28. The van der Waals surface area contributed by atoms with Gasteiger partial charge in [0, 0.05) is 28.7 Å². The molecular weight excluding hydrogens is 303 g/mol. The van der Waals surface area contributed by atoms with E-state index in [1.807, 2.05) is 12.1 Å². The molecule has 1 aromatic rings. The average molecular weight is 327 g/mol. The summed E-state index contributed by atoms with van der Waals surface area (Å²) in [6.07, 6.45) is 5.01. The molecule has 2 nitrogen and oxygen atoms in total. The van der Waals surface area contributed by atoms with Gasteiger partial charge in [0.2, 0.25) is 0 Å². The molecule has 1 saturated carbocycles. The lowest BCUT2D eigenvalue weighted by atomic mass is 9.95. The van der Waals surface area contributed by atoms with Gasteiger partial charge in [0.05, 0.1) is 0 Å². The summed E-state index contributed by atoms with van der Waals surface area (Å²) in [5, 5.41) is 5.29. The van der Waals surface area contributed by atoms with E-state index in [1.54, 1.807) is 0 Å². The van der Waals surface area contributed by atoms with Crippen LogP contribution in [0.1, 0.15) is 31.7 Å². The van der Waals surface area contributed by atoms with Crippen molar-refractivity contribution in [3.8, 4) is 0 Å². The Morgan fingerprint density at radius 1 is 1.33 bits per heavy atom. The van der Waals surface area contributed by atoms with Crippen LogP contribution in [0.5, 0.6) is 0 Å². The van der Waals surface area contributed by atoms with E-state index in [0.29, 0.717) is 10.6 Å². The first kappa shape index (κ1) is 15.6. The van der Waals surface area contributed by atoms with Gasteiger partial charge in [-0.3, -0.25) is 0 Å². The van der Waals surface area contributed by atoms with Crippen molar-refractivity contribution in [2.45, 2.75) is 38.1 Å². The van der Waals surface area contributed by atoms with E-state index in [-0.39, 0.29) is 0 Å². The van der Waals surface area contributed by atoms with E-state index >= 15 is 0 Å². The molecule has 4 heteroatoms. The van der Waals surface area contributed by atoms with Gasteiger partial charge in [-0.1, -0.05) is 29.3 Å². The van der Waals surface area contributed by atoms with Crippen LogP contribution in [0.15, 0.2) is 18.2 Å². The van der Waals surface area contributed by atoms with E-state index < -0.39 is 0 Å². The van der Waals surface area contributed by atoms with E-state index in [0.717, 1.165) is 37.0 Å². The zero-order chi connectivity index (χ0) is 14.9. The second-order valence-electron chi connectivity index (χ2n) is 6.73. The Kier molecular flexibility index (Phi) is 4.80. The third-order valence-electron chi connectivity index (χ3n) is 4.92. The third-order valence-corrected chi connectivity index (χ3v) is 5.51. The molecule has 1 saturated heterocycles. The molecule has 21 heavy (non-hydrogen) atoms. The van der Waals surface area contributed by atoms with Gasteiger partial charge in [-0.2, -0.15) is 0 Å². The quantitative estimate of drug-likeness (QED) is 0.899. The first-order valence-corrected chi connectivity index (χ1v) is 8.74. The molecular formula is C17H24Cl2N2. The number of hydrogen-bond donors (Lipinski definition) is 1. The first-order valence-electron chi connectivity index (χ1n) is 7.98. The van der Waals surface area contributed by atoms with Gasteiger partial charge in [-0.15, -0.1) is 0 Å². The molecule has 0 aromatic heterocycles. The summed E-state index contributed by atoms with van der Waals surface area (Å²) in [6.45, 7) is 6.96. The van der Waals surface area contributed by atoms with Gasteiger partial charge < -0.3 is 10.2 Å². The predicted molar refractivity (Wildman–Crippen MR) is 90.4 cm³/mol. The second kappa shape index (κ2) is 6.45. The Morgan fingerprint density at radius 2 is 2.14 bits per heavy atom. The highest BCUT2D eigenvalue weighted by Crippen LogP contribution is 2.40. The van der Waals surface area contributed by atoms with E-state index in [1.165, 1.54) is 31.4 Å². The van der Waals surface area contributed by atoms with Crippen LogP contribution in [0, 0.1) is 5.92 Å². The van der Waals surface area contributed by atoms with Gasteiger partial charge in [0.1, 0.15) is 0 Å². The SMILES string of the molecule is CC1(C2CC2)CN(CCc2ccc(Cl)cc2Cl)CCCN1. The Bertz CT molecular complexity index is 502. The smallest absolute Gasteiger partial charge is 0.0453 e. The van der Waals surface area contributed by atoms with Crippen molar-refractivity contribution in [1.29, 1.82) is 0 Å². The summed E-state index contributed by atoms with van der Waals surface area (Å²) in [6, 6.07) is 5.83. The zero-order valence-electron chi connectivity index (χ0n) is 12.7. The minimum Gasteiger partial charge on any atom is -0.310 e. The first-order chi connectivity index (χ1) is 10.1. The van der Waals surface area contributed by atoms with Gasteiger partial charge in [0.15, 0.2) is 0 Å². The van der Waals surface area contributed by atoms with Crippen molar-refractivity contribution >= 4 is 23.2 Å². The average Bonchev–Trinajstić information content (AvgIpc) is 3.26. The third kappa shape index (κ3) is 3.92. The van der Waals surface area contributed by atoms with Crippen molar-refractivity contribution in [3.63, 3.8) is 0 Å². The largest absolute Gasteiger partial charge is 0.310 e. The number of hydrogen-bond acceptors (Lipinski definition) is 2. The minimum absolute atomic E-state index is 0.306. The van der Waals surface area contributed by atoms with Crippen LogP contribution in [0.2, 0.25) is 10.0 Å². The summed E-state index contributed by atoms with van der Waals surface area (Å²) >= 11 is 12.2. The summed E-state index contributed by atoms with van der Waals surface area (Å²) in [5.74, 6) is 0.872. The van der Waals surface area contributed by atoms with E-state index in [4.69, 9.17) is 23.2 Å². The number of benzene rings is 1. The highest BCUT2D eigenvalue weighted by Gasteiger charge is 2.42. The Morgan fingerprint density at radius 3 is 2.86 bits per heavy atom. The number of halogens is 2. The fraction of sp³-hybridized carbons (Fsp3) is 0.647. The predicted octanol–water partition coefficient (Wildman–Crippen LogP) is 4.00. The van der Waals surface area contributed by atoms with Crippen LogP contribution in [0.25, 0.3) is 0 Å². The number of nitrogens with one attached hydrogen (secondary N) is 1. The molecule has 1 N–H and O–H groups in total. The normalized spacial score (nSPS) is 27.6. The van der Waals surface area contributed by atoms with Crippen molar-refractivity contribution in [2.75, 3.05) is 26.2 Å². The molecule has 1 aliphatic carbocycles. The molecule has 2 fully saturated rings. The molecule has 0 amide bonds.